The van der Waals surface area contributed by atoms with E-state index in [1.807, 2.05) is 0 Å². The van der Waals surface area contributed by atoms with Crippen molar-refractivity contribution in [2.45, 2.75) is 13.5 Å². The Morgan fingerprint density at radius 3 is 2.60 bits per heavy atom. The van der Waals surface area contributed by atoms with Gasteiger partial charge in [-0.25, -0.2) is 9.97 Å². The van der Waals surface area contributed by atoms with Crippen LogP contribution in [0, 0.1) is 0 Å². The summed E-state index contributed by atoms with van der Waals surface area (Å²) in [6, 6.07) is 6.71. The van der Waals surface area contributed by atoms with E-state index in [4.69, 9.17) is 10.1 Å². The van der Waals surface area contributed by atoms with Crippen molar-refractivity contribution >= 4 is 23.2 Å². The second-order valence-electron chi connectivity index (χ2n) is 5.06. The van der Waals surface area contributed by atoms with E-state index < -0.39 is 5.97 Å². The average Bonchev–Trinajstić information content (AvgIpc) is 2.64. The maximum Gasteiger partial charge on any atom is 0.325 e. The lowest BCUT2D eigenvalue weighted by Gasteiger charge is -2.12. The molecule has 0 unspecified atom stereocenters. The molecular weight excluding hydrogens is 324 g/mol. The van der Waals surface area contributed by atoms with Gasteiger partial charge < -0.3 is 14.8 Å². The summed E-state index contributed by atoms with van der Waals surface area (Å²) < 4.78 is 10.2. The van der Waals surface area contributed by atoms with Crippen molar-refractivity contribution in [2.75, 3.05) is 19.0 Å². The normalized spacial score (nSPS) is 10.0. The lowest BCUT2D eigenvalue weighted by Crippen LogP contribution is -2.45. The first-order valence-corrected chi connectivity index (χ1v) is 7.48. The van der Waals surface area contributed by atoms with E-state index in [1.165, 1.54) is 14.0 Å². The molecule has 2 aromatic rings. The fraction of sp³-hybridized carbons (Fsp3) is 0.235. The van der Waals surface area contributed by atoms with Crippen LogP contribution in [0.15, 0.2) is 36.7 Å². The van der Waals surface area contributed by atoms with Gasteiger partial charge in [-0.15, -0.1) is 0 Å². The van der Waals surface area contributed by atoms with Gasteiger partial charge in [0.25, 0.3) is 0 Å². The third-order valence-corrected chi connectivity index (χ3v) is 3.30. The van der Waals surface area contributed by atoms with Gasteiger partial charge in [-0.3, -0.25) is 15.0 Å². The number of Topliss-reactive ketones (excluding diaryl/α,β-unsaturated/α-hetero) is 1. The highest BCUT2D eigenvalue weighted by molar-refractivity contribution is 6.44. The number of nitrogens with two attached hydrogens (primary N) is 1. The number of nitrogens with one attached hydrogen (secondary N) is 1. The topological polar surface area (TPSA) is 116 Å². The first-order chi connectivity index (χ1) is 12.0. The number of rotatable bonds is 8. The Hall–Kier alpha value is -3.29. The smallest absolute Gasteiger partial charge is 0.325 e. The van der Waals surface area contributed by atoms with E-state index in [-0.39, 0.29) is 24.6 Å². The van der Waals surface area contributed by atoms with Crippen LogP contribution in [0.1, 0.15) is 18.3 Å². The van der Waals surface area contributed by atoms with Gasteiger partial charge >= 0.3 is 5.97 Å². The van der Waals surface area contributed by atoms with Crippen molar-refractivity contribution in [3.63, 3.8) is 0 Å². The van der Waals surface area contributed by atoms with E-state index >= 15 is 0 Å². The molecule has 1 aromatic heterocycles. The van der Waals surface area contributed by atoms with Crippen molar-refractivity contribution < 1.29 is 24.5 Å². The number of anilines is 1. The van der Waals surface area contributed by atoms with Gasteiger partial charge in [-0.1, -0.05) is 0 Å². The third-order valence-electron chi connectivity index (χ3n) is 3.30. The molecule has 0 bridgehead atoms. The van der Waals surface area contributed by atoms with E-state index in [9.17, 15) is 9.59 Å². The van der Waals surface area contributed by atoms with Gasteiger partial charge in [0.05, 0.1) is 12.7 Å². The summed E-state index contributed by atoms with van der Waals surface area (Å²) in [5, 5.41) is 8.78. The Labute approximate surface area is 144 Å². The fourth-order valence-electron chi connectivity index (χ4n) is 1.97. The number of hydrogen-bond donors (Lipinski definition) is 2. The number of ketones is 1. The Morgan fingerprint density at radius 1 is 1.24 bits per heavy atom. The summed E-state index contributed by atoms with van der Waals surface area (Å²) in [6.45, 7) is 1.49. The summed E-state index contributed by atoms with van der Waals surface area (Å²) in [7, 11) is 1.30. The van der Waals surface area contributed by atoms with E-state index in [1.54, 1.807) is 36.7 Å². The Morgan fingerprint density at radius 2 is 1.96 bits per heavy atom. The van der Waals surface area contributed by atoms with Gasteiger partial charge in [-0.2, -0.15) is 0 Å². The van der Waals surface area contributed by atoms with Crippen LogP contribution in [-0.2, 0) is 20.9 Å². The molecule has 0 saturated carbocycles. The van der Waals surface area contributed by atoms with Gasteiger partial charge in [0.1, 0.15) is 18.9 Å². The van der Waals surface area contributed by atoms with Gasteiger partial charge in [-0.05, 0) is 24.3 Å². The molecule has 0 radical (unpaired) electrons. The molecule has 0 saturated heterocycles. The van der Waals surface area contributed by atoms with E-state index in [2.05, 4.69) is 20.0 Å². The van der Waals surface area contributed by atoms with Crippen LogP contribution in [-0.4, -0.2) is 41.1 Å². The fourth-order valence-corrected chi connectivity index (χ4v) is 1.97. The van der Waals surface area contributed by atoms with Crippen LogP contribution in [0.5, 0.6) is 5.75 Å². The first kappa shape index (κ1) is 18.1. The highest BCUT2D eigenvalue weighted by Gasteiger charge is 2.19. The molecule has 0 atom stereocenters. The number of hydrogen-bond acceptors (Lipinski definition) is 7. The zero-order valence-corrected chi connectivity index (χ0v) is 14.0. The van der Waals surface area contributed by atoms with E-state index in [0.717, 1.165) is 0 Å². The molecule has 8 heteroatoms. The average molecular weight is 343 g/mol. The van der Waals surface area contributed by atoms with Gasteiger partial charge in [0.15, 0.2) is 5.82 Å². The number of carbonyl (C=O) groups excluding carboxylic acids is 2. The number of methoxy groups -OCH3 is 1. The molecule has 0 aliphatic carbocycles. The maximum atomic E-state index is 11.6. The largest absolute Gasteiger partial charge is 0.486 e. The van der Waals surface area contributed by atoms with Crippen molar-refractivity contribution in [3.8, 4) is 5.75 Å². The standard InChI is InChI=1S/C17H18N4O4/c1-11(22)17(18)13-8-12(25-10-15-19-6-3-7-20-15)4-5-14(13)21-9-16(23)24-2/h3-8,18,21H,9-10H2,1-2H3/p+1. The Bertz CT molecular complexity index is 777. The number of aromatic nitrogens is 2. The number of nitrogens with zero attached hydrogens (tertiary/aromatic N) is 2. The number of benzene rings is 1. The van der Waals surface area contributed by atoms with Crippen molar-refractivity contribution in [3.05, 3.63) is 48.0 Å². The molecule has 2 rings (SSSR count). The quantitative estimate of drug-likeness (QED) is 0.503. The molecule has 1 aromatic carbocycles. The lowest BCUT2D eigenvalue weighted by molar-refractivity contribution is -0.138. The predicted octanol–water partition coefficient (Wildman–Crippen LogP) is -0.222. The zero-order chi connectivity index (χ0) is 18.2. The summed E-state index contributed by atoms with van der Waals surface area (Å²) in [5.41, 5.74) is 1.04. The molecule has 0 aliphatic heterocycles. The highest BCUT2D eigenvalue weighted by atomic mass is 16.5. The Balaban J connectivity index is 2.19. The zero-order valence-electron chi connectivity index (χ0n) is 14.0. The van der Waals surface area contributed by atoms with Crippen LogP contribution < -0.4 is 15.5 Å². The molecule has 0 amide bonds. The minimum Gasteiger partial charge on any atom is -0.486 e. The molecule has 0 aliphatic rings. The van der Waals surface area contributed by atoms with Crippen molar-refractivity contribution in [1.82, 2.24) is 9.97 Å². The lowest BCUT2D eigenvalue weighted by atomic mass is 10.0. The molecule has 8 nitrogen and oxygen atoms in total. The number of carbonyl (C=O) groups is 2. The monoisotopic (exact) mass is 343 g/mol. The molecule has 0 spiro atoms. The summed E-state index contributed by atoms with van der Waals surface area (Å²) in [5.74, 6) is 0.300. The van der Waals surface area contributed by atoms with Crippen LogP contribution in [0.25, 0.3) is 0 Å². The van der Waals surface area contributed by atoms with E-state index in [0.29, 0.717) is 22.8 Å². The Kier molecular flexibility index (Phi) is 6.16. The third kappa shape index (κ3) is 5.10. The molecule has 0 fully saturated rings. The van der Waals surface area contributed by atoms with Crippen molar-refractivity contribution in [2.24, 2.45) is 0 Å². The van der Waals surface area contributed by atoms with Crippen molar-refractivity contribution in [1.29, 1.82) is 0 Å². The molecule has 1 heterocycles. The highest BCUT2D eigenvalue weighted by Crippen LogP contribution is 2.23. The van der Waals surface area contributed by atoms with Gasteiger partial charge in [0.2, 0.25) is 11.5 Å². The van der Waals surface area contributed by atoms with Crippen LogP contribution in [0.4, 0.5) is 5.69 Å². The first-order valence-electron chi connectivity index (χ1n) is 7.48. The molecular formula is C17H19N4O4+. The summed E-state index contributed by atoms with van der Waals surface area (Å²) >= 11 is 0. The molecule has 3 N–H and O–H groups in total. The van der Waals surface area contributed by atoms with Crippen LogP contribution in [0.3, 0.4) is 0 Å². The number of esters is 1. The predicted molar refractivity (Wildman–Crippen MR) is 90.0 cm³/mol. The van der Waals surface area contributed by atoms with Gasteiger partial charge in [0, 0.05) is 25.0 Å². The second kappa shape index (κ2) is 8.53. The minimum absolute atomic E-state index is 0.0489. The molecule has 130 valence electrons. The minimum atomic E-state index is -0.436. The second-order valence-corrected chi connectivity index (χ2v) is 5.06. The summed E-state index contributed by atoms with van der Waals surface area (Å²) in [4.78, 5) is 31.1. The summed E-state index contributed by atoms with van der Waals surface area (Å²) in [6.07, 6.45) is 3.25. The molecule has 25 heavy (non-hydrogen) atoms. The van der Waals surface area contributed by atoms with Crippen LogP contribution >= 0.6 is 0 Å². The number of ether oxygens (including phenoxy) is 2. The van der Waals surface area contributed by atoms with Crippen LogP contribution in [0.2, 0.25) is 0 Å². The maximum absolute atomic E-state index is 11.6. The SMILES string of the molecule is COC(=O)CNc1ccc(OCc2ncccn2)cc1C(=[NH2+])C(C)=O.